The summed E-state index contributed by atoms with van der Waals surface area (Å²) in [5, 5.41) is 14.9. The minimum atomic E-state index is -0.491. The summed E-state index contributed by atoms with van der Waals surface area (Å²) in [4.78, 5) is 21.4. The van der Waals surface area contributed by atoms with Crippen LogP contribution in [0.4, 0.5) is 11.4 Å². The Kier molecular flexibility index (Phi) is 5.45. The minimum absolute atomic E-state index is 0.0718. The summed E-state index contributed by atoms with van der Waals surface area (Å²) in [6.45, 7) is 1.30. The Bertz CT molecular complexity index is 789. The summed E-state index contributed by atoms with van der Waals surface area (Å²) < 4.78 is 10.2. The van der Waals surface area contributed by atoms with Gasteiger partial charge in [-0.2, -0.15) is 5.10 Å². The Hall–Kier alpha value is -3.42. The average molecular weight is 329 g/mol. The van der Waals surface area contributed by atoms with Crippen LogP contribution < -0.4 is 14.9 Å². The second-order valence-electron chi connectivity index (χ2n) is 4.65. The molecule has 8 heteroatoms. The highest BCUT2D eigenvalue weighted by Crippen LogP contribution is 2.28. The highest BCUT2D eigenvalue weighted by molar-refractivity contribution is 5.82. The van der Waals surface area contributed by atoms with Crippen LogP contribution in [0.5, 0.6) is 11.5 Å². The molecule has 2 aromatic rings. The van der Waals surface area contributed by atoms with Gasteiger partial charge in [-0.05, 0) is 29.8 Å². The summed E-state index contributed by atoms with van der Waals surface area (Å²) in [5.74, 6) is 0.224. The van der Waals surface area contributed by atoms with Gasteiger partial charge in [0.1, 0.15) is 5.69 Å². The van der Waals surface area contributed by atoms with Crippen molar-refractivity contribution in [3.05, 3.63) is 58.1 Å². The maximum Gasteiger partial charge on any atom is 0.308 e. The number of ether oxygens (including phenoxy) is 2. The zero-order valence-corrected chi connectivity index (χ0v) is 13.1. The number of anilines is 1. The molecule has 8 nitrogen and oxygen atoms in total. The van der Waals surface area contributed by atoms with Crippen molar-refractivity contribution in [2.24, 2.45) is 5.10 Å². The van der Waals surface area contributed by atoms with Crippen LogP contribution in [-0.2, 0) is 4.79 Å². The molecule has 0 fully saturated rings. The Morgan fingerprint density at radius 2 is 2.00 bits per heavy atom. The highest BCUT2D eigenvalue weighted by atomic mass is 16.6. The van der Waals surface area contributed by atoms with Crippen molar-refractivity contribution in [1.82, 2.24) is 0 Å². The third-order valence-corrected chi connectivity index (χ3v) is 2.94. The van der Waals surface area contributed by atoms with Gasteiger partial charge in [0.2, 0.25) is 0 Å². The Balaban J connectivity index is 2.15. The number of esters is 1. The highest BCUT2D eigenvalue weighted by Gasteiger charge is 2.11. The first-order chi connectivity index (χ1) is 11.5. The normalized spacial score (nSPS) is 10.4. The fourth-order valence-corrected chi connectivity index (χ4v) is 1.91. The molecule has 0 amide bonds. The van der Waals surface area contributed by atoms with E-state index in [1.165, 1.54) is 26.3 Å². The zero-order valence-electron chi connectivity index (χ0n) is 13.1. The van der Waals surface area contributed by atoms with Crippen LogP contribution in [0.25, 0.3) is 0 Å². The van der Waals surface area contributed by atoms with E-state index >= 15 is 0 Å². The van der Waals surface area contributed by atoms with Crippen LogP contribution in [0, 0.1) is 10.1 Å². The van der Waals surface area contributed by atoms with Gasteiger partial charge < -0.3 is 9.47 Å². The van der Waals surface area contributed by atoms with Gasteiger partial charge in [0.05, 0.1) is 18.2 Å². The number of methoxy groups -OCH3 is 1. The molecule has 0 aliphatic heterocycles. The number of hydrogen-bond donors (Lipinski definition) is 1. The molecule has 0 saturated carbocycles. The van der Waals surface area contributed by atoms with E-state index in [2.05, 4.69) is 10.5 Å². The molecular formula is C16H15N3O5. The van der Waals surface area contributed by atoms with Gasteiger partial charge in [0.15, 0.2) is 11.5 Å². The van der Waals surface area contributed by atoms with Crippen LogP contribution in [0.1, 0.15) is 12.5 Å². The summed E-state index contributed by atoms with van der Waals surface area (Å²) in [6, 6.07) is 11.1. The lowest BCUT2D eigenvalue weighted by atomic mass is 10.2. The molecule has 0 heterocycles. The fourth-order valence-electron chi connectivity index (χ4n) is 1.91. The Morgan fingerprint density at radius 3 is 2.67 bits per heavy atom. The average Bonchev–Trinajstić information content (AvgIpc) is 2.56. The van der Waals surface area contributed by atoms with E-state index in [1.807, 2.05) is 0 Å². The van der Waals surface area contributed by atoms with Crippen molar-refractivity contribution in [1.29, 1.82) is 0 Å². The van der Waals surface area contributed by atoms with E-state index in [0.29, 0.717) is 17.1 Å². The Labute approximate surface area is 137 Å². The van der Waals surface area contributed by atoms with E-state index in [1.54, 1.807) is 36.4 Å². The third kappa shape index (κ3) is 4.29. The van der Waals surface area contributed by atoms with E-state index in [-0.39, 0.29) is 11.4 Å². The standard InChI is InChI=1S/C16H15N3O5/c1-11(20)24-15-8-7-12(9-16(15)23-2)10-17-18-13-5-3-4-6-14(13)19(21)22/h3-10,18H,1-2H3/b17-10-. The van der Waals surface area contributed by atoms with E-state index < -0.39 is 10.9 Å². The van der Waals surface area contributed by atoms with Crippen molar-refractivity contribution < 1.29 is 19.2 Å². The van der Waals surface area contributed by atoms with Gasteiger partial charge in [-0.3, -0.25) is 20.3 Å². The minimum Gasteiger partial charge on any atom is -0.493 e. The van der Waals surface area contributed by atoms with Crippen LogP contribution in [-0.4, -0.2) is 24.2 Å². The number of carbonyl (C=O) groups excluding carboxylic acids is 1. The van der Waals surface area contributed by atoms with Gasteiger partial charge in [0.25, 0.3) is 5.69 Å². The van der Waals surface area contributed by atoms with Gasteiger partial charge >= 0.3 is 5.97 Å². The molecule has 0 aliphatic rings. The van der Waals surface area contributed by atoms with Crippen LogP contribution >= 0.6 is 0 Å². The number of hydrogen-bond acceptors (Lipinski definition) is 7. The second kappa shape index (κ2) is 7.73. The van der Waals surface area contributed by atoms with Crippen LogP contribution in [0.3, 0.4) is 0 Å². The van der Waals surface area contributed by atoms with Gasteiger partial charge in [-0.25, -0.2) is 0 Å². The molecule has 1 N–H and O–H groups in total. The molecule has 2 rings (SSSR count). The summed E-state index contributed by atoms with van der Waals surface area (Å²) >= 11 is 0. The second-order valence-corrected chi connectivity index (χ2v) is 4.65. The SMILES string of the molecule is COc1cc(/C=N\Nc2ccccc2[N+](=O)[O-])ccc1OC(C)=O. The van der Waals surface area contributed by atoms with Crippen molar-refractivity contribution in [3.8, 4) is 11.5 Å². The lowest BCUT2D eigenvalue weighted by Gasteiger charge is -2.08. The fraction of sp³-hybridized carbons (Fsp3) is 0.125. The van der Waals surface area contributed by atoms with Gasteiger partial charge in [-0.15, -0.1) is 0 Å². The lowest BCUT2D eigenvalue weighted by molar-refractivity contribution is -0.384. The van der Waals surface area contributed by atoms with Crippen molar-refractivity contribution >= 4 is 23.6 Å². The molecule has 0 unspecified atom stereocenters. The maximum atomic E-state index is 11.0. The summed E-state index contributed by atoms with van der Waals surface area (Å²) in [7, 11) is 1.45. The van der Waals surface area contributed by atoms with Crippen molar-refractivity contribution in [2.75, 3.05) is 12.5 Å². The lowest BCUT2D eigenvalue weighted by Crippen LogP contribution is -2.03. The molecule has 0 aliphatic carbocycles. The predicted molar refractivity (Wildman–Crippen MR) is 88.6 cm³/mol. The molecule has 0 bridgehead atoms. The molecule has 0 saturated heterocycles. The zero-order chi connectivity index (χ0) is 17.5. The van der Waals surface area contributed by atoms with Crippen molar-refractivity contribution in [2.45, 2.75) is 6.92 Å². The molecule has 0 radical (unpaired) electrons. The number of benzene rings is 2. The van der Waals surface area contributed by atoms with Crippen LogP contribution in [0.2, 0.25) is 0 Å². The quantitative estimate of drug-likeness (QED) is 0.287. The first kappa shape index (κ1) is 16.9. The molecule has 0 aromatic heterocycles. The third-order valence-electron chi connectivity index (χ3n) is 2.94. The van der Waals surface area contributed by atoms with E-state index in [0.717, 1.165) is 0 Å². The number of nitrogens with one attached hydrogen (secondary N) is 1. The van der Waals surface area contributed by atoms with Gasteiger partial charge in [-0.1, -0.05) is 12.1 Å². The van der Waals surface area contributed by atoms with Crippen molar-refractivity contribution in [3.63, 3.8) is 0 Å². The largest absolute Gasteiger partial charge is 0.493 e. The molecular weight excluding hydrogens is 314 g/mol. The Morgan fingerprint density at radius 1 is 1.25 bits per heavy atom. The molecule has 0 spiro atoms. The van der Waals surface area contributed by atoms with E-state index in [4.69, 9.17) is 9.47 Å². The number of rotatable bonds is 6. The summed E-state index contributed by atoms with van der Waals surface area (Å²) in [6.07, 6.45) is 1.47. The number of nitro groups is 1. The smallest absolute Gasteiger partial charge is 0.308 e. The number of nitro benzene ring substituents is 1. The van der Waals surface area contributed by atoms with E-state index in [9.17, 15) is 14.9 Å². The number of nitrogens with zero attached hydrogens (tertiary/aromatic N) is 2. The first-order valence-corrected chi connectivity index (χ1v) is 6.90. The monoisotopic (exact) mass is 329 g/mol. The van der Waals surface area contributed by atoms with Crippen LogP contribution in [0.15, 0.2) is 47.6 Å². The number of hydrazone groups is 1. The number of carbonyl (C=O) groups is 1. The first-order valence-electron chi connectivity index (χ1n) is 6.90. The molecule has 124 valence electrons. The summed E-state index contributed by atoms with van der Waals surface area (Å²) in [5.41, 5.74) is 3.50. The molecule has 2 aromatic carbocycles. The molecule has 0 atom stereocenters. The predicted octanol–water partition coefficient (Wildman–Crippen LogP) is 2.97. The topological polar surface area (TPSA) is 103 Å². The van der Waals surface area contributed by atoms with Gasteiger partial charge in [0, 0.05) is 13.0 Å². The molecule has 24 heavy (non-hydrogen) atoms. The maximum absolute atomic E-state index is 11.0. The number of para-hydroxylation sites is 2.